The second-order valence-electron chi connectivity index (χ2n) is 6.48. The van der Waals surface area contributed by atoms with Crippen molar-refractivity contribution in [2.45, 2.75) is 12.8 Å². The molecule has 2 heterocycles. The van der Waals surface area contributed by atoms with Gasteiger partial charge in [-0.05, 0) is 36.5 Å². The van der Waals surface area contributed by atoms with Gasteiger partial charge in [0.1, 0.15) is 11.6 Å². The van der Waals surface area contributed by atoms with Gasteiger partial charge in [0.05, 0.1) is 7.11 Å². The number of ether oxygens (including phenoxy) is 1. The maximum absolute atomic E-state index is 11.0. The van der Waals surface area contributed by atoms with Crippen LogP contribution in [0.4, 0.5) is 16.3 Å². The second kappa shape index (κ2) is 7.95. The summed E-state index contributed by atoms with van der Waals surface area (Å²) in [5.41, 5.74) is 8.81. The summed E-state index contributed by atoms with van der Waals surface area (Å²) < 4.78 is 5.21. The number of carboxylic acid groups (broad SMARTS) is 1. The fraction of sp³-hybridized carbons (Fsp3) is 0.368. The molecule has 1 fully saturated rings. The van der Waals surface area contributed by atoms with Crippen LogP contribution in [0, 0.1) is 5.92 Å². The third kappa shape index (κ3) is 4.17. The van der Waals surface area contributed by atoms with Crippen molar-refractivity contribution in [3.05, 3.63) is 36.5 Å². The topological polar surface area (TPSA) is 101 Å². The summed E-state index contributed by atoms with van der Waals surface area (Å²) in [6.07, 6.45) is 2.65. The third-order valence-corrected chi connectivity index (χ3v) is 4.79. The van der Waals surface area contributed by atoms with Crippen LogP contribution in [0.3, 0.4) is 0 Å². The Hall–Kier alpha value is -2.96. The Bertz CT molecular complexity index is 756. The first-order valence-electron chi connectivity index (χ1n) is 8.68. The lowest BCUT2D eigenvalue weighted by atomic mass is 9.96. The van der Waals surface area contributed by atoms with Crippen LogP contribution in [-0.4, -0.2) is 47.8 Å². The molecule has 0 radical (unpaired) electrons. The van der Waals surface area contributed by atoms with Crippen LogP contribution in [0.5, 0.6) is 5.75 Å². The normalized spacial score (nSPS) is 14.9. The number of anilines is 2. The van der Waals surface area contributed by atoms with Crippen LogP contribution >= 0.6 is 0 Å². The summed E-state index contributed by atoms with van der Waals surface area (Å²) >= 11 is 0. The summed E-state index contributed by atoms with van der Waals surface area (Å²) in [7, 11) is 1.64. The smallest absolute Gasteiger partial charge is 0.407 e. The Labute approximate surface area is 152 Å². The molecule has 3 rings (SSSR count). The summed E-state index contributed by atoms with van der Waals surface area (Å²) in [6, 6.07) is 9.64. The minimum absolute atomic E-state index is 0.434. The highest BCUT2D eigenvalue weighted by atomic mass is 16.5. The average Bonchev–Trinajstić information content (AvgIpc) is 2.67. The molecule has 1 aliphatic rings. The molecule has 7 nitrogen and oxygen atoms in total. The number of nitrogens with one attached hydrogen (secondary N) is 1. The van der Waals surface area contributed by atoms with Crippen LogP contribution in [-0.2, 0) is 0 Å². The number of likely N-dealkylation sites (tertiary alicyclic amines) is 1. The molecule has 138 valence electrons. The quantitative estimate of drug-likeness (QED) is 0.761. The Balaban J connectivity index is 1.69. The van der Waals surface area contributed by atoms with Gasteiger partial charge in [-0.1, -0.05) is 12.1 Å². The molecule has 26 heavy (non-hydrogen) atoms. The first kappa shape index (κ1) is 17.8. The molecule has 1 aromatic heterocycles. The van der Waals surface area contributed by atoms with Crippen LogP contribution < -0.4 is 15.8 Å². The molecule has 0 bridgehead atoms. The van der Waals surface area contributed by atoms with E-state index in [1.165, 1.54) is 4.90 Å². The molecule has 0 aliphatic carbocycles. The van der Waals surface area contributed by atoms with Crippen LogP contribution in [0.1, 0.15) is 12.8 Å². The first-order chi connectivity index (χ1) is 12.6. The molecule has 4 N–H and O–H groups in total. The summed E-state index contributed by atoms with van der Waals surface area (Å²) in [6.45, 7) is 1.96. The SMILES string of the molecule is COc1ccc(-c2cnc(N)cc2NCC2CCN(C(=O)O)CC2)cc1. The van der Waals surface area contributed by atoms with Crippen LogP contribution in [0.15, 0.2) is 36.5 Å². The number of nitrogens with two attached hydrogens (primary N) is 1. The van der Waals surface area contributed by atoms with Gasteiger partial charge in [-0.15, -0.1) is 0 Å². The number of pyridine rings is 1. The minimum Gasteiger partial charge on any atom is -0.497 e. The highest BCUT2D eigenvalue weighted by Gasteiger charge is 2.22. The van der Waals surface area contributed by atoms with Crippen molar-refractivity contribution in [3.63, 3.8) is 0 Å². The molecule has 0 unspecified atom stereocenters. The zero-order chi connectivity index (χ0) is 18.5. The molecule has 2 aromatic rings. The maximum atomic E-state index is 11.0. The predicted octanol–water partition coefficient (Wildman–Crippen LogP) is 3.14. The van der Waals surface area contributed by atoms with Crippen molar-refractivity contribution < 1.29 is 14.6 Å². The maximum Gasteiger partial charge on any atom is 0.407 e. The van der Waals surface area contributed by atoms with Crippen molar-refractivity contribution in [3.8, 4) is 16.9 Å². The number of carbonyl (C=O) groups is 1. The standard InChI is InChI=1S/C19H24N4O3/c1-26-15-4-2-14(3-5-15)16-12-22-18(20)10-17(16)21-11-13-6-8-23(9-7-13)19(24)25/h2-5,10,12-13H,6-9,11H2,1H3,(H,24,25)(H3,20,21,22). The Morgan fingerprint density at radius 3 is 2.65 bits per heavy atom. The molecule has 1 aliphatic heterocycles. The molecule has 0 spiro atoms. The molecule has 0 atom stereocenters. The lowest BCUT2D eigenvalue weighted by molar-refractivity contribution is 0.126. The van der Waals surface area contributed by atoms with Gasteiger partial charge in [-0.25, -0.2) is 9.78 Å². The average molecular weight is 356 g/mol. The molecular formula is C19H24N4O3. The minimum atomic E-state index is -0.833. The van der Waals surface area contributed by atoms with E-state index in [0.29, 0.717) is 24.8 Å². The van der Waals surface area contributed by atoms with E-state index in [2.05, 4.69) is 10.3 Å². The fourth-order valence-corrected chi connectivity index (χ4v) is 3.20. The zero-order valence-corrected chi connectivity index (χ0v) is 14.8. The molecule has 0 saturated carbocycles. The Morgan fingerprint density at radius 2 is 2.04 bits per heavy atom. The van der Waals surface area contributed by atoms with Gasteiger partial charge in [-0.3, -0.25) is 0 Å². The Morgan fingerprint density at radius 1 is 1.35 bits per heavy atom. The molecule has 1 saturated heterocycles. The van der Waals surface area contributed by atoms with Gasteiger partial charge < -0.3 is 25.8 Å². The van der Waals surface area contributed by atoms with Crippen molar-refractivity contribution in [1.29, 1.82) is 0 Å². The number of aromatic nitrogens is 1. The number of nitrogens with zero attached hydrogens (tertiary/aromatic N) is 2. The number of methoxy groups -OCH3 is 1. The number of rotatable bonds is 5. The van der Waals surface area contributed by atoms with Crippen molar-refractivity contribution in [1.82, 2.24) is 9.88 Å². The van der Waals surface area contributed by atoms with Gasteiger partial charge in [0.15, 0.2) is 0 Å². The van der Waals surface area contributed by atoms with Gasteiger partial charge in [-0.2, -0.15) is 0 Å². The van der Waals surface area contributed by atoms with E-state index in [4.69, 9.17) is 15.6 Å². The van der Waals surface area contributed by atoms with Gasteiger partial charge in [0.2, 0.25) is 0 Å². The Kier molecular flexibility index (Phi) is 5.46. The van der Waals surface area contributed by atoms with Gasteiger partial charge in [0, 0.05) is 43.1 Å². The number of hydrogen-bond donors (Lipinski definition) is 3. The number of benzene rings is 1. The molecule has 1 amide bonds. The summed E-state index contributed by atoms with van der Waals surface area (Å²) in [5, 5.41) is 12.5. The fourth-order valence-electron chi connectivity index (χ4n) is 3.20. The largest absolute Gasteiger partial charge is 0.497 e. The predicted molar refractivity (Wildman–Crippen MR) is 101 cm³/mol. The van der Waals surface area contributed by atoms with Crippen LogP contribution in [0.25, 0.3) is 11.1 Å². The van der Waals surface area contributed by atoms with E-state index < -0.39 is 6.09 Å². The number of piperidine rings is 1. The number of nitrogen functional groups attached to an aromatic ring is 1. The molecular weight excluding hydrogens is 332 g/mol. The number of amides is 1. The summed E-state index contributed by atoms with van der Waals surface area (Å²) in [4.78, 5) is 16.7. The summed E-state index contributed by atoms with van der Waals surface area (Å²) in [5.74, 6) is 1.70. The first-order valence-corrected chi connectivity index (χ1v) is 8.68. The van der Waals surface area contributed by atoms with Crippen molar-refractivity contribution in [2.75, 3.05) is 37.8 Å². The second-order valence-corrected chi connectivity index (χ2v) is 6.48. The van der Waals surface area contributed by atoms with Crippen LogP contribution in [0.2, 0.25) is 0 Å². The van der Waals surface area contributed by atoms with Crippen molar-refractivity contribution in [2.24, 2.45) is 5.92 Å². The van der Waals surface area contributed by atoms with Gasteiger partial charge >= 0.3 is 6.09 Å². The lowest BCUT2D eigenvalue weighted by Gasteiger charge is -2.30. The lowest BCUT2D eigenvalue weighted by Crippen LogP contribution is -2.39. The third-order valence-electron chi connectivity index (χ3n) is 4.79. The molecule has 7 heteroatoms. The van der Waals surface area contributed by atoms with E-state index in [1.807, 2.05) is 30.3 Å². The van der Waals surface area contributed by atoms with E-state index >= 15 is 0 Å². The number of hydrogen-bond acceptors (Lipinski definition) is 5. The van der Waals surface area contributed by atoms with Gasteiger partial charge in [0.25, 0.3) is 0 Å². The zero-order valence-electron chi connectivity index (χ0n) is 14.8. The highest BCUT2D eigenvalue weighted by Crippen LogP contribution is 2.30. The highest BCUT2D eigenvalue weighted by molar-refractivity contribution is 5.79. The van der Waals surface area contributed by atoms with Crippen molar-refractivity contribution >= 4 is 17.6 Å². The monoisotopic (exact) mass is 356 g/mol. The van der Waals surface area contributed by atoms with E-state index in [-0.39, 0.29) is 0 Å². The molecule has 1 aromatic carbocycles. The van der Waals surface area contributed by atoms with E-state index in [9.17, 15) is 4.79 Å². The van der Waals surface area contributed by atoms with E-state index in [1.54, 1.807) is 13.3 Å². The van der Waals surface area contributed by atoms with E-state index in [0.717, 1.165) is 42.0 Å².